The second-order valence-corrected chi connectivity index (χ2v) is 6.39. The van der Waals surface area contributed by atoms with Gasteiger partial charge in [0.05, 0.1) is 0 Å². The molecule has 94 valence electrons. The molecule has 1 aliphatic heterocycles. The van der Waals surface area contributed by atoms with Gasteiger partial charge in [0.25, 0.3) is 0 Å². The Morgan fingerprint density at radius 1 is 1.00 bits per heavy atom. The van der Waals surface area contributed by atoms with E-state index >= 15 is 0 Å². The Balaban J connectivity index is 1.95. The smallest absolute Gasteiger partial charge is 0.0249 e. The van der Waals surface area contributed by atoms with E-state index in [1.165, 1.54) is 38.8 Å². The van der Waals surface area contributed by atoms with E-state index in [-0.39, 0.29) is 0 Å². The van der Waals surface area contributed by atoms with Crippen molar-refractivity contribution in [2.75, 3.05) is 13.1 Å². The zero-order valence-electron chi connectivity index (χ0n) is 11.2. The fourth-order valence-corrected chi connectivity index (χ4v) is 3.39. The summed E-state index contributed by atoms with van der Waals surface area (Å²) in [4.78, 5) is 2.69. The van der Waals surface area contributed by atoms with Crippen molar-refractivity contribution in [3.05, 3.63) is 0 Å². The number of piperidine rings is 1. The normalized spacial score (nSPS) is 46.9. The van der Waals surface area contributed by atoms with Crippen LogP contribution < -0.4 is 5.73 Å². The molecule has 1 saturated heterocycles. The highest BCUT2D eigenvalue weighted by atomic mass is 15.2. The molecule has 16 heavy (non-hydrogen) atoms. The van der Waals surface area contributed by atoms with Gasteiger partial charge in [-0.15, -0.1) is 0 Å². The summed E-state index contributed by atoms with van der Waals surface area (Å²) in [6, 6.07) is 1.09. The fraction of sp³-hybridized carbons (Fsp3) is 1.00. The predicted molar refractivity (Wildman–Crippen MR) is 69.3 cm³/mol. The molecule has 0 aromatic rings. The van der Waals surface area contributed by atoms with Crippen molar-refractivity contribution in [2.24, 2.45) is 23.5 Å². The van der Waals surface area contributed by atoms with Crippen molar-refractivity contribution in [1.29, 1.82) is 0 Å². The molecule has 2 aliphatic rings. The van der Waals surface area contributed by atoms with Crippen LogP contribution in [-0.4, -0.2) is 30.1 Å². The average molecular weight is 224 g/mol. The van der Waals surface area contributed by atoms with Gasteiger partial charge >= 0.3 is 0 Å². The van der Waals surface area contributed by atoms with Crippen LogP contribution in [0.2, 0.25) is 0 Å². The summed E-state index contributed by atoms with van der Waals surface area (Å²) in [5, 5.41) is 0. The molecule has 2 nitrogen and oxygen atoms in total. The highest BCUT2D eigenvalue weighted by Gasteiger charge is 2.34. The largest absolute Gasteiger partial charge is 0.326 e. The van der Waals surface area contributed by atoms with Gasteiger partial charge in [-0.25, -0.2) is 0 Å². The summed E-state index contributed by atoms with van der Waals surface area (Å²) in [5.74, 6) is 2.62. The first-order valence-corrected chi connectivity index (χ1v) is 7.07. The maximum Gasteiger partial charge on any atom is 0.0249 e. The van der Waals surface area contributed by atoms with Crippen LogP contribution >= 0.6 is 0 Å². The molecule has 0 bridgehead atoms. The van der Waals surface area contributed by atoms with Crippen molar-refractivity contribution in [3.63, 3.8) is 0 Å². The standard InChI is InChI=1S/C14H28N2/c1-10-4-5-13(15)14(8-10)16-7-6-11(2)12(3)9-16/h10-14H,4-9,15H2,1-3H3. The minimum atomic E-state index is 0.428. The third kappa shape index (κ3) is 2.60. The molecule has 2 heteroatoms. The van der Waals surface area contributed by atoms with Gasteiger partial charge in [0.1, 0.15) is 0 Å². The minimum Gasteiger partial charge on any atom is -0.326 e. The Morgan fingerprint density at radius 3 is 2.44 bits per heavy atom. The summed E-state index contributed by atoms with van der Waals surface area (Å²) in [6.45, 7) is 9.72. The number of nitrogens with zero attached hydrogens (tertiary/aromatic N) is 1. The topological polar surface area (TPSA) is 29.3 Å². The lowest BCUT2D eigenvalue weighted by molar-refractivity contribution is 0.0550. The number of hydrogen-bond acceptors (Lipinski definition) is 2. The molecule has 0 aromatic carbocycles. The summed E-state index contributed by atoms with van der Waals surface area (Å²) in [7, 11) is 0. The third-order valence-corrected chi connectivity index (χ3v) is 4.97. The van der Waals surface area contributed by atoms with E-state index in [0.29, 0.717) is 12.1 Å². The maximum absolute atomic E-state index is 6.31. The van der Waals surface area contributed by atoms with Gasteiger partial charge in [-0.2, -0.15) is 0 Å². The SMILES string of the molecule is CC1CCC(N)C(N2CCC(C)C(C)C2)C1. The molecule has 1 heterocycles. The van der Waals surface area contributed by atoms with Gasteiger partial charge in [-0.3, -0.25) is 4.90 Å². The van der Waals surface area contributed by atoms with Gasteiger partial charge in [0.15, 0.2) is 0 Å². The Kier molecular flexibility index (Phi) is 3.91. The minimum absolute atomic E-state index is 0.428. The van der Waals surface area contributed by atoms with Gasteiger partial charge in [-0.1, -0.05) is 20.8 Å². The first kappa shape index (κ1) is 12.4. The first-order chi connectivity index (χ1) is 7.58. The second kappa shape index (κ2) is 5.05. The lowest BCUT2D eigenvalue weighted by atomic mass is 9.80. The number of hydrogen-bond donors (Lipinski definition) is 1. The lowest BCUT2D eigenvalue weighted by Gasteiger charge is -2.45. The Hall–Kier alpha value is -0.0800. The summed E-state index contributed by atoms with van der Waals surface area (Å²) in [6.07, 6.45) is 5.24. The van der Waals surface area contributed by atoms with Crippen LogP contribution in [0.3, 0.4) is 0 Å². The summed E-state index contributed by atoms with van der Waals surface area (Å²) in [5.41, 5.74) is 6.31. The van der Waals surface area contributed by atoms with Crippen LogP contribution in [0.15, 0.2) is 0 Å². The molecule has 1 saturated carbocycles. The van der Waals surface area contributed by atoms with Gasteiger partial charge in [0, 0.05) is 18.6 Å². The molecule has 1 aliphatic carbocycles. The zero-order valence-corrected chi connectivity index (χ0v) is 11.2. The highest BCUT2D eigenvalue weighted by molar-refractivity contribution is 4.90. The molecular weight excluding hydrogens is 196 g/mol. The molecule has 2 N–H and O–H groups in total. The predicted octanol–water partition coefficient (Wildman–Crippen LogP) is 2.48. The molecule has 5 unspecified atom stereocenters. The molecule has 0 aromatic heterocycles. The van der Waals surface area contributed by atoms with Crippen LogP contribution in [0.25, 0.3) is 0 Å². The fourth-order valence-electron chi connectivity index (χ4n) is 3.39. The van der Waals surface area contributed by atoms with Gasteiger partial charge in [0.2, 0.25) is 0 Å². The van der Waals surface area contributed by atoms with Gasteiger partial charge < -0.3 is 5.73 Å². The number of rotatable bonds is 1. The van der Waals surface area contributed by atoms with E-state index in [2.05, 4.69) is 25.7 Å². The second-order valence-electron chi connectivity index (χ2n) is 6.39. The molecule has 5 atom stereocenters. The lowest BCUT2D eigenvalue weighted by Crippen LogP contribution is -2.54. The van der Waals surface area contributed by atoms with Crippen LogP contribution in [-0.2, 0) is 0 Å². The average Bonchev–Trinajstić information content (AvgIpc) is 2.26. The molecular formula is C14H28N2. The van der Waals surface area contributed by atoms with E-state index in [9.17, 15) is 0 Å². The Morgan fingerprint density at radius 2 is 1.75 bits per heavy atom. The molecule has 2 rings (SSSR count). The Bertz CT molecular complexity index is 229. The van der Waals surface area contributed by atoms with E-state index < -0.39 is 0 Å². The quantitative estimate of drug-likeness (QED) is 0.741. The summed E-state index contributed by atoms with van der Waals surface area (Å²) < 4.78 is 0. The van der Waals surface area contributed by atoms with Crippen LogP contribution in [0, 0.1) is 17.8 Å². The molecule has 0 spiro atoms. The monoisotopic (exact) mass is 224 g/mol. The van der Waals surface area contributed by atoms with Crippen molar-refractivity contribution in [2.45, 2.75) is 58.5 Å². The highest BCUT2D eigenvalue weighted by Crippen LogP contribution is 2.31. The van der Waals surface area contributed by atoms with Crippen molar-refractivity contribution >= 4 is 0 Å². The van der Waals surface area contributed by atoms with Crippen LogP contribution in [0.4, 0.5) is 0 Å². The molecule has 0 radical (unpaired) electrons. The first-order valence-electron chi connectivity index (χ1n) is 7.07. The van der Waals surface area contributed by atoms with Gasteiger partial charge in [-0.05, 0) is 50.0 Å². The van der Waals surface area contributed by atoms with E-state index in [0.717, 1.165) is 17.8 Å². The van der Waals surface area contributed by atoms with Crippen molar-refractivity contribution < 1.29 is 0 Å². The van der Waals surface area contributed by atoms with Crippen molar-refractivity contribution in [3.8, 4) is 0 Å². The number of likely N-dealkylation sites (tertiary alicyclic amines) is 1. The zero-order chi connectivity index (χ0) is 11.7. The van der Waals surface area contributed by atoms with Crippen molar-refractivity contribution in [1.82, 2.24) is 4.90 Å². The van der Waals surface area contributed by atoms with E-state index in [4.69, 9.17) is 5.73 Å². The third-order valence-electron chi connectivity index (χ3n) is 4.97. The Labute approximate surface area is 101 Å². The van der Waals surface area contributed by atoms with Crippen LogP contribution in [0.5, 0.6) is 0 Å². The van der Waals surface area contributed by atoms with E-state index in [1.54, 1.807) is 0 Å². The number of nitrogens with two attached hydrogens (primary N) is 1. The van der Waals surface area contributed by atoms with E-state index in [1.807, 2.05) is 0 Å². The molecule has 2 fully saturated rings. The summed E-state index contributed by atoms with van der Waals surface area (Å²) >= 11 is 0. The molecule has 0 amide bonds. The van der Waals surface area contributed by atoms with Crippen LogP contribution in [0.1, 0.15) is 46.5 Å². The maximum atomic E-state index is 6.31.